The van der Waals surface area contributed by atoms with Crippen molar-refractivity contribution in [2.45, 2.75) is 26.2 Å². The van der Waals surface area contributed by atoms with Gasteiger partial charge < -0.3 is 19.9 Å². The zero-order valence-corrected chi connectivity index (χ0v) is 13.9. The number of nitrogen functional groups attached to an aromatic ring is 1. The van der Waals surface area contributed by atoms with E-state index in [0.717, 1.165) is 30.8 Å². The summed E-state index contributed by atoms with van der Waals surface area (Å²) in [5.74, 6) is 2.30. The Labute approximate surface area is 138 Å². The highest BCUT2D eigenvalue weighted by molar-refractivity contribution is 5.51. The molecule has 0 bridgehead atoms. The molecule has 0 aromatic heterocycles. The largest absolute Gasteiger partial charge is 0.494 e. The fourth-order valence-electron chi connectivity index (χ4n) is 2.20. The molecule has 0 unspecified atom stereocenters. The summed E-state index contributed by atoms with van der Waals surface area (Å²) in [5, 5.41) is 0. The summed E-state index contributed by atoms with van der Waals surface area (Å²) in [6, 6.07) is 13.7. The molecule has 0 radical (unpaired) electrons. The number of hydrogen-bond acceptors (Lipinski definition) is 4. The smallest absolute Gasteiger partial charge is 0.162 e. The normalized spacial score (nSPS) is 10.3. The van der Waals surface area contributed by atoms with Crippen LogP contribution in [0.4, 0.5) is 5.69 Å². The quantitative estimate of drug-likeness (QED) is 0.559. The molecule has 0 aliphatic carbocycles. The Balaban J connectivity index is 1.65. The third kappa shape index (κ3) is 5.40. The van der Waals surface area contributed by atoms with Crippen molar-refractivity contribution in [3.63, 3.8) is 0 Å². The first-order valence-corrected chi connectivity index (χ1v) is 8.01. The SMILES string of the molecule is CCc1ccc(OCCCCOc2ccc(N)cc2OC)cc1. The number of benzene rings is 2. The lowest BCUT2D eigenvalue weighted by atomic mass is 10.2. The van der Waals surface area contributed by atoms with E-state index in [-0.39, 0.29) is 0 Å². The molecule has 2 aromatic carbocycles. The zero-order chi connectivity index (χ0) is 16.5. The van der Waals surface area contributed by atoms with Crippen LogP contribution < -0.4 is 19.9 Å². The van der Waals surface area contributed by atoms with Gasteiger partial charge in [0, 0.05) is 11.8 Å². The summed E-state index contributed by atoms with van der Waals surface area (Å²) in [5.41, 5.74) is 7.70. The van der Waals surface area contributed by atoms with Crippen LogP contribution in [0.15, 0.2) is 42.5 Å². The van der Waals surface area contributed by atoms with Gasteiger partial charge in [-0.15, -0.1) is 0 Å². The predicted molar refractivity (Wildman–Crippen MR) is 93.5 cm³/mol. The summed E-state index contributed by atoms with van der Waals surface area (Å²) < 4.78 is 16.7. The topological polar surface area (TPSA) is 53.7 Å². The van der Waals surface area contributed by atoms with Gasteiger partial charge in [0.25, 0.3) is 0 Å². The van der Waals surface area contributed by atoms with Crippen molar-refractivity contribution >= 4 is 5.69 Å². The number of hydrogen-bond donors (Lipinski definition) is 1. The van der Waals surface area contributed by atoms with Crippen molar-refractivity contribution in [1.82, 2.24) is 0 Å². The molecule has 0 spiro atoms. The summed E-state index contributed by atoms with van der Waals surface area (Å²) in [6.07, 6.45) is 2.90. The van der Waals surface area contributed by atoms with E-state index >= 15 is 0 Å². The van der Waals surface area contributed by atoms with Crippen molar-refractivity contribution in [3.05, 3.63) is 48.0 Å². The average molecular weight is 315 g/mol. The van der Waals surface area contributed by atoms with Crippen LogP contribution in [0.2, 0.25) is 0 Å². The highest BCUT2D eigenvalue weighted by Crippen LogP contribution is 2.29. The van der Waals surface area contributed by atoms with Gasteiger partial charge in [-0.1, -0.05) is 19.1 Å². The maximum Gasteiger partial charge on any atom is 0.162 e. The van der Waals surface area contributed by atoms with Crippen molar-refractivity contribution in [3.8, 4) is 17.2 Å². The van der Waals surface area contributed by atoms with E-state index in [1.54, 1.807) is 19.2 Å². The van der Waals surface area contributed by atoms with E-state index in [1.165, 1.54) is 5.56 Å². The molecule has 2 rings (SSSR count). The molecule has 0 amide bonds. The molecule has 0 atom stereocenters. The van der Waals surface area contributed by atoms with Gasteiger partial charge in [-0.3, -0.25) is 0 Å². The van der Waals surface area contributed by atoms with Crippen LogP contribution >= 0.6 is 0 Å². The summed E-state index contributed by atoms with van der Waals surface area (Å²) in [6.45, 7) is 3.46. The van der Waals surface area contributed by atoms with E-state index in [4.69, 9.17) is 19.9 Å². The maximum absolute atomic E-state index is 5.73. The summed E-state index contributed by atoms with van der Waals surface area (Å²) >= 11 is 0. The van der Waals surface area contributed by atoms with Gasteiger partial charge in [0.1, 0.15) is 5.75 Å². The van der Waals surface area contributed by atoms with Crippen molar-refractivity contribution in [1.29, 1.82) is 0 Å². The van der Waals surface area contributed by atoms with Gasteiger partial charge in [0.15, 0.2) is 11.5 Å². The summed E-state index contributed by atoms with van der Waals surface area (Å²) in [4.78, 5) is 0. The molecule has 0 aliphatic rings. The first-order valence-electron chi connectivity index (χ1n) is 8.01. The standard InChI is InChI=1S/C19H25NO3/c1-3-15-6-9-17(10-7-15)22-12-4-5-13-23-18-11-8-16(20)14-19(18)21-2/h6-11,14H,3-5,12-13,20H2,1-2H3. The molecule has 0 saturated carbocycles. The second kappa shape index (κ2) is 8.93. The van der Waals surface area contributed by atoms with E-state index in [0.29, 0.717) is 24.7 Å². The summed E-state index contributed by atoms with van der Waals surface area (Å²) in [7, 11) is 1.61. The monoisotopic (exact) mass is 315 g/mol. The Hall–Kier alpha value is -2.36. The molecule has 0 heterocycles. The zero-order valence-electron chi connectivity index (χ0n) is 13.9. The van der Waals surface area contributed by atoms with Crippen LogP contribution in [0.3, 0.4) is 0 Å². The fourth-order valence-corrected chi connectivity index (χ4v) is 2.20. The second-order valence-electron chi connectivity index (χ2n) is 5.31. The number of methoxy groups -OCH3 is 1. The minimum absolute atomic E-state index is 0.623. The van der Waals surface area contributed by atoms with E-state index in [1.807, 2.05) is 18.2 Å². The molecule has 124 valence electrons. The number of unbranched alkanes of at least 4 members (excludes halogenated alkanes) is 1. The van der Waals surface area contributed by atoms with Crippen molar-refractivity contribution in [2.75, 3.05) is 26.1 Å². The van der Waals surface area contributed by atoms with Gasteiger partial charge >= 0.3 is 0 Å². The van der Waals surface area contributed by atoms with Crippen molar-refractivity contribution in [2.24, 2.45) is 0 Å². The molecule has 0 aliphatic heterocycles. The fraction of sp³-hybridized carbons (Fsp3) is 0.368. The van der Waals surface area contributed by atoms with Crippen molar-refractivity contribution < 1.29 is 14.2 Å². The lowest BCUT2D eigenvalue weighted by Crippen LogP contribution is -2.03. The minimum atomic E-state index is 0.623. The Kier molecular flexibility index (Phi) is 6.60. The van der Waals surface area contributed by atoms with Crippen LogP contribution in [0.25, 0.3) is 0 Å². The third-order valence-electron chi connectivity index (χ3n) is 3.58. The lowest BCUT2D eigenvalue weighted by molar-refractivity contribution is 0.258. The lowest BCUT2D eigenvalue weighted by Gasteiger charge is -2.11. The molecule has 0 fully saturated rings. The van der Waals surface area contributed by atoms with Gasteiger partial charge in [-0.2, -0.15) is 0 Å². The Morgan fingerprint density at radius 1 is 0.870 bits per heavy atom. The highest BCUT2D eigenvalue weighted by atomic mass is 16.5. The minimum Gasteiger partial charge on any atom is -0.494 e. The number of rotatable bonds is 9. The van der Waals surface area contributed by atoms with Gasteiger partial charge in [0.2, 0.25) is 0 Å². The second-order valence-corrected chi connectivity index (χ2v) is 5.31. The Morgan fingerprint density at radius 3 is 2.22 bits per heavy atom. The number of ether oxygens (including phenoxy) is 3. The van der Waals surface area contributed by atoms with Gasteiger partial charge in [-0.25, -0.2) is 0 Å². The van der Waals surface area contributed by atoms with Crippen LogP contribution in [-0.2, 0) is 6.42 Å². The Morgan fingerprint density at radius 2 is 1.57 bits per heavy atom. The molecule has 4 nitrogen and oxygen atoms in total. The Bertz CT molecular complexity index is 596. The maximum atomic E-state index is 5.73. The molecule has 0 saturated heterocycles. The molecule has 23 heavy (non-hydrogen) atoms. The highest BCUT2D eigenvalue weighted by Gasteiger charge is 2.04. The third-order valence-corrected chi connectivity index (χ3v) is 3.58. The molecule has 2 aromatic rings. The number of anilines is 1. The average Bonchev–Trinajstić information content (AvgIpc) is 2.59. The molecule has 4 heteroatoms. The van der Waals surface area contributed by atoms with Crippen LogP contribution in [0, 0.1) is 0 Å². The first-order chi connectivity index (χ1) is 11.2. The van der Waals surface area contributed by atoms with E-state index in [9.17, 15) is 0 Å². The molecular weight excluding hydrogens is 290 g/mol. The van der Waals surface area contributed by atoms with E-state index in [2.05, 4.69) is 19.1 Å². The number of nitrogens with two attached hydrogens (primary N) is 1. The van der Waals surface area contributed by atoms with Gasteiger partial charge in [-0.05, 0) is 49.1 Å². The van der Waals surface area contributed by atoms with Crippen LogP contribution in [-0.4, -0.2) is 20.3 Å². The first kappa shape index (κ1) is 17.0. The van der Waals surface area contributed by atoms with Crippen LogP contribution in [0.1, 0.15) is 25.3 Å². The molecule has 2 N–H and O–H groups in total. The number of aryl methyl sites for hydroxylation is 1. The van der Waals surface area contributed by atoms with Gasteiger partial charge in [0.05, 0.1) is 20.3 Å². The van der Waals surface area contributed by atoms with E-state index < -0.39 is 0 Å². The van der Waals surface area contributed by atoms with Crippen LogP contribution in [0.5, 0.6) is 17.2 Å². The predicted octanol–water partition coefficient (Wildman–Crippen LogP) is 4.08. The molecular formula is C19H25NO3.